The molecule has 0 aromatic heterocycles. The van der Waals surface area contributed by atoms with E-state index >= 15 is 0 Å². The quantitative estimate of drug-likeness (QED) is 0.0386. The molecule has 0 aromatic carbocycles. The number of phosphoric ester groups is 1. The topological polar surface area (TPSA) is 74.2 Å². The average Bonchev–Trinajstić information content (AvgIpc) is 3.72. The molecule has 2 saturated carbocycles. The van der Waals surface area contributed by atoms with Crippen LogP contribution < -0.4 is 0 Å². The lowest BCUT2D eigenvalue weighted by Crippen LogP contribution is -2.53. The van der Waals surface area contributed by atoms with Gasteiger partial charge in [-0.1, -0.05) is 152 Å². The van der Waals surface area contributed by atoms with E-state index in [0.29, 0.717) is 11.3 Å². The first kappa shape index (κ1) is 49.4. The second-order valence-corrected chi connectivity index (χ2v) is 19.3. The van der Waals surface area contributed by atoms with Crippen LogP contribution in [0.2, 0.25) is 0 Å². The SMILES string of the molecule is CCCCC/C=C\C/C=C\CCCCCCCCC1(CCCCCCCC/C=C\C/C=C\CCCCC)CC2(C1)O[C@H]1CC(CCCOP(=O)(O)OC)C[C@H]1O2. The van der Waals surface area contributed by atoms with E-state index in [1.54, 1.807) is 0 Å². The van der Waals surface area contributed by atoms with Gasteiger partial charge in [-0.2, -0.15) is 0 Å². The van der Waals surface area contributed by atoms with Crippen molar-refractivity contribution in [1.29, 1.82) is 0 Å². The molecule has 3 rings (SSSR count). The Bertz CT molecular complexity index is 1070. The van der Waals surface area contributed by atoms with Crippen molar-refractivity contribution in [3.8, 4) is 0 Å². The lowest BCUT2D eigenvalue weighted by molar-refractivity contribution is -0.281. The van der Waals surface area contributed by atoms with Crippen molar-refractivity contribution < 1.29 is 28.0 Å². The molecule has 56 heavy (non-hydrogen) atoms. The Morgan fingerprint density at radius 2 is 1.00 bits per heavy atom. The van der Waals surface area contributed by atoms with Crippen LogP contribution in [0, 0.1) is 11.3 Å². The molecule has 0 amide bonds. The van der Waals surface area contributed by atoms with Crippen molar-refractivity contribution >= 4 is 7.82 Å². The van der Waals surface area contributed by atoms with Crippen LogP contribution in [0.1, 0.15) is 219 Å². The number of ether oxygens (including phenoxy) is 2. The van der Waals surface area contributed by atoms with E-state index in [1.165, 1.54) is 161 Å². The summed E-state index contributed by atoms with van der Waals surface area (Å²) < 4.78 is 34.6. The van der Waals surface area contributed by atoms with Crippen LogP contribution in [0.5, 0.6) is 0 Å². The molecule has 2 aliphatic carbocycles. The highest BCUT2D eigenvalue weighted by Crippen LogP contribution is 2.61. The third-order valence-electron chi connectivity index (χ3n) is 12.6. The summed E-state index contributed by atoms with van der Waals surface area (Å²) in [4.78, 5) is 9.48. The lowest BCUT2D eigenvalue weighted by Gasteiger charge is -2.54. The summed E-state index contributed by atoms with van der Waals surface area (Å²) in [6.07, 6.45) is 59.0. The summed E-state index contributed by atoms with van der Waals surface area (Å²) in [6.45, 7) is 4.77. The minimum atomic E-state index is -3.89. The van der Waals surface area contributed by atoms with Crippen LogP contribution in [-0.4, -0.2) is 36.6 Å². The van der Waals surface area contributed by atoms with Gasteiger partial charge in [0.25, 0.3) is 0 Å². The van der Waals surface area contributed by atoms with Gasteiger partial charge in [-0.3, -0.25) is 9.05 Å². The molecule has 0 radical (unpaired) electrons. The number of allylic oxidation sites excluding steroid dienone is 8. The Hall–Kier alpha value is -1.01. The van der Waals surface area contributed by atoms with Crippen molar-refractivity contribution in [2.45, 2.75) is 237 Å². The zero-order chi connectivity index (χ0) is 40.1. The number of fused-ring (bicyclic) bond motifs is 1. The molecule has 2 unspecified atom stereocenters. The summed E-state index contributed by atoms with van der Waals surface area (Å²) in [5.74, 6) is 0.176. The van der Waals surface area contributed by atoms with Crippen molar-refractivity contribution in [1.82, 2.24) is 0 Å². The molecule has 1 heterocycles. The molecule has 1 spiro atoms. The third-order valence-corrected chi connectivity index (χ3v) is 13.6. The number of hydrogen-bond acceptors (Lipinski definition) is 5. The van der Waals surface area contributed by atoms with Gasteiger partial charge < -0.3 is 14.4 Å². The smallest absolute Gasteiger partial charge is 0.344 e. The van der Waals surface area contributed by atoms with Gasteiger partial charge in [0.2, 0.25) is 0 Å². The number of phosphoric acid groups is 1. The fourth-order valence-corrected chi connectivity index (χ4v) is 9.90. The highest BCUT2D eigenvalue weighted by molar-refractivity contribution is 7.47. The first-order valence-corrected chi connectivity index (χ1v) is 25.3. The zero-order valence-electron chi connectivity index (χ0n) is 36.6. The highest BCUT2D eigenvalue weighted by Gasteiger charge is 2.62. The van der Waals surface area contributed by atoms with Crippen LogP contribution in [0.25, 0.3) is 0 Å². The summed E-state index contributed by atoms with van der Waals surface area (Å²) >= 11 is 0. The van der Waals surface area contributed by atoms with Gasteiger partial charge >= 0.3 is 7.82 Å². The molecule has 7 heteroatoms. The number of rotatable bonds is 36. The van der Waals surface area contributed by atoms with Crippen LogP contribution in [0.15, 0.2) is 48.6 Å². The Morgan fingerprint density at radius 3 is 1.43 bits per heavy atom. The van der Waals surface area contributed by atoms with E-state index in [2.05, 4.69) is 67.0 Å². The molecule has 1 aliphatic heterocycles. The Balaban J connectivity index is 1.30. The van der Waals surface area contributed by atoms with Gasteiger partial charge in [-0.25, -0.2) is 4.57 Å². The van der Waals surface area contributed by atoms with E-state index in [9.17, 15) is 9.46 Å². The molecule has 1 N–H and O–H groups in total. The van der Waals surface area contributed by atoms with Crippen LogP contribution >= 0.6 is 7.82 Å². The molecular weight excluding hydrogens is 716 g/mol. The maximum atomic E-state index is 11.6. The fraction of sp³-hybridized carbons (Fsp3) is 0.837. The maximum Gasteiger partial charge on any atom is 0.471 e. The molecule has 0 bridgehead atoms. The van der Waals surface area contributed by atoms with E-state index in [4.69, 9.17) is 14.0 Å². The Morgan fingerprint density at radius 1 is 0.589 bits per heavy atom. The summed E-state index contributed by atoms with van der Waals surface area (Å²) in [6, 6.07) is 0. The normalized spacial score (nSPS) is 22.7. The highest BCUT2D eigenvalue weighted by atomic mass is 31.2. The van der Waals surface area contributed by atoms with Crippen LogP contribution in [0.3, 0.4) is 0 Å². The molecule has 4 atom stereocenters. The van der Waals surface area contributed by atoms with Crippen molar-refractivity contribution in [2.24, 2.45) is 11.3 Å². The van der Waals surface area contributed by atoms with E-state index < -0.39 is 7.82 Å². The second-order valence-electron chi connectivity index (χ2n) is 17.7. The van der Waals surface area contributed by atoms with Gasteiger partial charge in [0.1, 0.15) is 0 Å². The first-order valence-electron chi connectivity index (χ1n) is 23.8. The van der Waals surface area contributed by atoms with Gasteiger partial charge in [0.05, 0.1) is 18.8 Å². The Labute approximate surface area is 345 Å². The van der Waals surface area contributed by atoms with Gasteiger partial charge in [0.15, 0.2) is 5.79 Å². The molecule has 3 aliphatic rings. The van der Waals surface area contributed by atoms with Crippen LogP contribution in [0.4, 0.5) is 0 Å². The molecular formula is C49H87O6P. The zero-order valence-corrected chi connectivity index (χ0v) is 37.5. The van der Waals surface area contributed by atoms with E-state index in [1.807, 2.05) is 0 Å². The molecule has 3 fully saturated rings. The maximum absolute atomic E-state index is 11.6. The van der Waals surface area contributed by atoms with Gasteiger partial charge in [-0.15, -0.1) is 0 Å². The first-order chi connectivity index (χ1) is 27.3. The van der Waals surface area contributed by atoms with Gasteiger partial charge in [0, 0.05) is 20.0 Å². The standard InChI is InChI=1S/C49H87O6P/c1-4-6-8-10-12-14-16-18-20-22-24-26-28-30-32-34-38-48(39-35-33-31-29-27-25-23-21-19-17-15-13-11-9-7-5-2)43-49(44-48)54-46-41-45(42-47(46)55-49)37-36-40-53-56(50,51)52-3/h12-15,18-21,45-47H,4-11,16-17,22-44H2,1-3H3,(H,50,51)/b14-12-,15-13-,20-18-,21-19-/t45?,46-,47+. The van der Waals surface area contributed by atoms with Crippen molar-refractivity contribution in [3.63, 3.8) is 0 Å². The molecule has 0 aromatic rings. The van der Waals surface area contributed by atoms with Crippen LogP contribution in [-0.2, 0) is 23.1 Å². The minimum Gasteiger partial charge on any atom is -0.344 e. The Kier molecular flexibility index (Phi) is 26.5. The van der Waals surface area contributed by atoms with Crippen molar-refractivity contribution in [3.05, 3.63) is 48.6 Å². The fourth-order valence-electron chi connectivity index (χ4n) is 9.44. The predicted molar refractivity (Wildman–Crippen MR) is 237 cm³/mol. The largest absolute Gasteiger partial charge is 0.471 e. The number of hydrogen-bond donors (Lipinski definition) is 1. The average molecular weight is 803 g/mol. The van der Waals surface area contributed by atoms with Crippen molar-refractivity contribution in [2.75, 3.05) is 13.7 Å². The summed E-state index contributed by atoms with van der Waals surface area (Å²) in [5.41, 5.74) is 0.388. The predicted octanol–water partition coefficient (Wildman–Crippen LogP) is 15.6. The minimum absolute atomic E-state index is 0.200. The lowest BCUT2D eigenvalue weighted by atomic mass is 9.59. The van der Waals surface area contributed by atoms with E-state index in [-0.39, 0.29) is 24.6 Å². The molecule has 1 saturated heterocycles. The molecule has 6 nitrogen and oxygen atoms in total. The third kappa shape index (κ3) is 21.3. The second kappa shape index (κ2) is 30.1. The van der Waals surface area contributed by atoms with Gasteiger partial charge in [-0.05, 0) is 114 Å². The van der Waals surface area contributed by atoms with E-state index in [0.717, 1.165) is 51.4 Å². The number of unbranched alkanes of at least 4 members (excludes halogenated alkanes) is 18. The monoisotopic (exact) mass is 803 g/mol. The molecule has 324 valence electrons. The summed E-state index contributed by atoms with van der Waals surface area (Å²) in [5, 5.41) is 0. The summed E-state index contributed by atoms with van der Waals surface area (Å²) in [7, 11) is -2.69.